The van der Waals surface area contributed by atoms with E-state index in [-0.39, 0.29) is 30.3 Å². The van der Waals surface area contributed by atoms with E-state index in [0.717, 1.165) is 0 Å². The van der Waals surface area contributed by atoms with E-state index in [0.29, 0.717) is 25.4 Å². The lowest BCUT2D eigenvalue weighted by atomic mass is 10.0. The van der Waals surface area contributed by atoms with Crippen molar-refractivity contribution in [2.24, 2.45) is 11.8 Å². The zero-order chi connectivity index (χ0) is 10.6. The minimum absolute atomic E-state index is 0. The van der Waals surface area contributed by atoms with Crippen LogP contribution in [-0.4, -0.2) is 25.0 Å². The van der Waals surface area contributed by atoms with Crippen molar-refractivity contribution < 1.29 is 4.79 Å². The van der Waals surface area contributed by atoms with Crippen LogP contribution in [0.2, 0.25) is 0 Å². The molecule has 1 fully saturated rings. The predicted octanol–water partition coefficient (Wildman–Crippen LogP) is 0.682. The van der Waals surface area contributed by atoms with Crippen molar-refractivity contribution in [1.29, 1.82) is 5.26 Å². The van der Waals surface area contributed by atoms with E-state index in [1.165, 1.54) is 0 Å². The van der Waals surface area contributed by atoms with Crippen molar-refractivity contribution in [3.63, 3.8) is 0 Å². The van der Waals surface area contributed by atoms with E-state index >= 15 is 0 Å². The summed E-state index contributed by atoms with van der Waals surface area (Å²) in [5.41, 5.74) is 0. The summed E-state index contributed by atoms with van der Waals surface area (Å²) < 4.78 is 0. The fourth-order valence-corrected chi connectivity index (χ4v) is 1.60. The van der Waals surface area contributed by atoms with Crippen molar-refractivity contribution in [3.8, 4) is 6.07 Å². The minimum Gasteiger partial charge on any atom is -0.351 e. The zero-order valence-corrected chi connectivity index (χ0v) is 9.93. The second-order valence-corrected chi connectivity index (χ2v) is 4.17. The molecule has 0 radical (unpaired) electrons. The van der Waals surface area contributed by atoms with Gasteiger partial charge in [0, 0.05) is 19.5 Å². The Labute approximate surface area is 96.8 Å². The summed E-state index contributed by atoms with van der Waals surface area (Å²) in [7, 11) is 0. The van der Waals surface area contributed by atoms with E-state index in [9.17, 15) is 4.79 Å². The van der Waals surface area contributed by atoms with Gasteiger partial charge in [-0.25, -0.2) is 0 Å². The van der Waals surface area contributed by atoms with Gasteiger partial charge in [-0.3, -0.25) is 4.79 Å². The van der Waals surface area contributed by atoms with Crippen LogP contribution in [0.5, 0.6) is 0 Å². The first-order valence-electron chi connectivity index (χ1n) is 5.03. The van der Waals surface area contributed by atoms with Crippen LogP contribution >= 0.6 is 12.4 Å². The van der Waals surface area contributed by atoms with Crippen molar-refractivity contribution in [3.05, 3.63) is 0 Å². The third-order valence-corrected chi connectivity index (χ3v) is 2.32. The lowest BCUT2D eigenvalue weighted by Crippen LogP contribution is -2.40. The lowest BCUT2D eigenvalue weighted by Gasteiger charge is -2.15. The highest BCUT2D eigenvalue weighted by molar-refractivity contribution is 5.85. The predicted molar refractivity (Wildman–Crippen MR) is 60.6 cm³/mol. The van der Waals surface area contributed by atoms with Gasteiger partial charge in [-0.1, -0.05) is 13.8 Å². The maximum absolute atomic E-state index is 11.4. The lowest BCUT2D eigenvalue weighted by molar-refractivity contribution is -0.122. The van der Waals surface area contributed by atoms with Crippen LogP contribution in [0.4, 0.5) is 0 Å². The standard InChI is InChI=1S/C10H17N3O.ClH/c1-7(2)3-10(14)13-9-6-12-5-8(9)4-11;/h7-9,12H,3,5-6H2,1-2H3,(H,13,14);1H. The number of halogens is 1. The maximum atomic E-state index is 11.4. The Morgan fingerprint density at radius 3 is 2.80 bits per heavy atom. The summed E-state index contributed by atoms with van der Waals surface area (Å²) in [5, 5.41) is 14.8. The van der Waals surface area contributed by atoms with Crippen molar-refractivity contribution in [2.75, 3.05) is 13.1 Å². The molecule has 2 atom stereocenters. The second-order valence-electron chi connectivity index (χ2n) is 4.17. The Morgan fingerprint density at radius 1 is 1.60 bits per heavy atom. The number of amides is 1. The number of carbonyl (C=O) groups is 1. The Kier molecular flexibility index (Phi) is 6.30. The van der Waals surface area contributed by atoms with Crippen LogP contribution in [0.3, 0.4) is 0 Å². The summed E-state index contributed by atoms with van der Waals surface area (Å²) in [5.74, 6) is 0.338. The average Bonchev–Trinajstić information content (AvgIpc) is 2.50. The molecule has 1 heterocycles. The fraction of sp³-hybridized carbons (Fsp3) is 0.800. The first kappa shape index (κ1) is 14.2. The van der Waals surface area contributed by atoms with Crippen LogP contribution in [0.1, 0.15) is 20.3 Å². The molecule has 0 bridgehead atoms. The van der Waals surface area contributed by atoms with Gasteiger partial charge in [0.25, 0.3) is 0 Å². The van der Waals surface area contributed by atoms with Gasteiger partial charge in [-0.2, -0.15) is 5.26 Å². The molecular formula is C10H18ClN3O. The second kappa shape index (κ2) is 6.65. The molecule has 0 aromatic rings. The summed E-state index contributed by atoms with van der Waals surface area (Å²) in [6, 6.07) is 2.19. The van der Waals surface area contributed by atoms with Crippen LogP contribution < -0.4 is 10.6 Å². The molecule has 0 spiro atoms. The van der Waals surface area contributed by atoms with Gasteiger partial charge in [-0.05, 0) is 5.92 Å². The average molecular weight is 232 g/mol. The van der Waals surface area contributed by atoms with Gasteiger partial charge >= 0.3 is 0 Å². The molecule has 4 nitrogen and oxygen atoms in total. The maximum Gasteiger partial charge on any atom is 0.220 e. The van der Waals surface area contributed by atoms with Crippen LogP contribution in [0, 0.1) is 23.2 Å². The minimum atomic E-state index is -0.0777. The summed E-state index contributed by atoms with van der Waals surface area (Å²) in [6.07, 6.45) is 0.536. The molecule has 86 valence electrons. The van der Waals surface area contributed by atoms with E-state index in [4.69, 9.17) is 5.26 Å². The highest BCUT2D eigenvalue weighted by Crippen LogP contribution is 2.08. The number of nitrogens with zero attached hydrogens (tertiary/aromatic N) is 1. The Bertz CT molecular complexity index is 250. The van der Waals surface area contributed by atoms with Crippen molar-refractivity contribution in [2.45, 2.75) is 26.3 Å². The van der Waals surface area contributed by atoms with Gasteiger partial charge in [0.1, 0.15) is 0 Å². The Morgan fingerprint density at radius 2 is 2.27 bits per heavy atom. The summed E-state index contributed by atoms with van der Waals surface area (Å²) in [4.78, 5) is 11.4. The molecule has 0 aromatic carbocycles. The highest BCUT2D eigenvalue weighted by Gasteiger charge is 2.27. The first-order chi connectivity index (χ1) is 6.63. The monoisotopic (exact) mass is 231 g/mol. The molecule has 2 unspecified atom stereocenters. The highest BCUT2D eigenvalue weighted by atomic mass is 35.5. The van der Waals surface area contributed by atoms with Crippen LogP contribution in [-0.2, 0) is 4.79 Å². The number of carbonyl (C=O) groups excluding carboxylic acids is 1. The third kappa shape index (κ3) is 4.50. The topological polar surface area (TPSA) is 64.9 Å². The molecule has 15 heavy (non-hydrogen) atoms. The number of hydrogen-bond donors (Lipinski definition) is 2. The summed E-state index contributed by atoms with van der Waals surface area (Å²) in [6.45, 7) is 5.41. The van der Waals surface area contributed by atoms with E-state index < -0.39 is 0 Å². The van der Waals surface area contributed by atoms with Gasteiger partial charge < -0.3 is 10.6 Å². The number of rotatable bonds is 3. The molecule has 0 aromatic heterocycles. The number of nitriles is 1. The molecule has 1 aliphatic rings. The summed E-state index contributed by atoms with van der Waals surface area (Å²) >= 11 is 0. The van der Waals surface area contributed by atoms with Gasteiger partial charge in [0.2, 0.25) is 5.91 Å². The molecule has 1 aliphatic heterocycles. The smallest absolute Gasteiger partial charge is 0.220 e. The quantitative estimate of drug-likeness (QED) is 0.751. The van der Waals surface area contributed by atoms with Crippen LogP contribution in [0.25, 0.3) is 0 Å². The number of hydrogen-bond acceptors (Lipinski definition) is 3. The first-order valence-corrected chi connectivity index (χ1v) is 5.03. The Hall–Kier alpha value is -0.790. The molecule has 2 N–H and O–H groups in total. The van der Waals surface area contributed by atoms with Crippen LogP contribution in [0.15, 0.2) is 0 Å². The van der Waals surface area contributed by atoms with Crippen molar-refractivity contribution >= 4 is 18.3 Å². The van der Waals surface area contributed by atoms with E-state index in [2.05, 4.69) is 16.7 Å². The largest absolute Gasteiger partial charge is 0.351 e. The SMILES string of the molecule is CC(C)CC(=O)NC1CNCC1C#N.Cl. The fourth-order valence-electron chi connectivity index (χ4n) is 1.60. The van der Waals surface area contributed by atoms with Gasteiger partial charge in [-0.15, -0.1) is 12.4 Å². The molecule has 1 rings (SSSR count). The van der Waals surface area contributed by atoms with Crippen molar-refractivity contribution in [1.82, 2.24) is 10.6 Å². The molecule has 1 saturated heterocycles. The molecule has 5 heteroatoms. The molecular weight excluding hydrogens is 214 g/mol. The third-order valence-electron chi connectivity index (χ3n) is 2.32. The van der Waals surface area contributed by atoms with Gasteiger partial charge in [0.15, 0.2) is 0 Å². The zero-order valence-electron chi connectivity index (χ0n) is 9.12. The molecule has 1 amide bonds. The number of nitrogens with one attached hydrogen (secondary N) is 2. The molecule has 0 saturated carbocycles. The van der Waals surface area contributed by atoms with E-state index in [1.807, 2.05) is 13.8 Å². The normalized spacial score (nSPS) is 24.4. The van der Waals surface area contributed by atoms with E-state index in [1.54, 1.807) is 0 Å². The Balaban J connectivity index is 0.00000196. The van der Waals surface area contributed by atoms with Gasteiger partial charge in [0.05, 0.1) is 18.0 Å². The molecule has 0 aliphatic carbocycles.